The lowest BCUT2D eigenvalue weighted by atomic mass is 10.2. The zero-order valence-electron chi connectivity index (χ0n) is 12.3. The second-order valence-electron chi connectivity index (χ2n) is 5.34. The van der Waals surface area contributed by atoms with Crippen LogP contribution in [0.2, 0.25) is 0 Å². The van der Waals surface area contributed by atoms with E-state index in [1.165, 1.54) is 25.8 Å². The van der Waals surface area contributed by atoms with Crippen molar-refractivity contribution in [2.75, 3.05) is 32.8 Å². The van der Waals surface area contributed by atoms with E-state index in [1.54, 1.807) is 0 Å². The highest BCUT2D eigenvalue weighted by atomic mass is 79.9. The Labute approximate surface area is 130 Å². The summed E-state index contributed by atoms with van der Waals surface area (Å²) >= 11 is 3.43. The van der Waals surface area contributed by atoms with E-state index in [0.717, 1.165) is 36.5 Å². The predicted octanol–water partition coefficient (Wildman–Crippen LogP) is 3.29. The van der Waals surface area contributed by atoms with Gasteiger partial charge >= 0.3 is 0 Å². The molecule has 1 N–H and O–H groups in total. The van der Waals surface area contributed by atoms with E-state index < -0.39 is 0 Å². The van der Waals surface area contributed by atoms with Crippen molar-refractivity contribution in [3.05, 3.63) is 28.7 Å². The molecule has 0 aromatic heterocycles. The maximum absolute atomic E-state index is 5.81. The molecule has 0 aliphatic carbocycles. The fourth-order valence-electron chi connectivity index (χ4n) is 2.68. The molecule has 20 heavy (non-hydrogen) atoms. The average Bonchev–Trinajstić information content (AvgIpc) is 2.89. The fraction of sp³-hybridized carbons (Fsp3) is 0.625. The Balaban J connectivity index is 1.68. The predicted molar refractivity (Wildman–Crippen MR) is 87.4 cm³/mol. The minimum atomic E-state index is 0.690. The Kier molecular flexibility index (Phi) is 6.83. The average molecular weight is 341 g/mol. The Morgan fingerprint density at radius 1 is 1.35 bits per heavy atom. The maximum Gasteiger partial charge on any atom is 0.119 e. The Hall–Kier alpha value is -0.580. The third-order valence-electron chi connectivity index (χ3n) is 3.77. The highest BCUT2D eigenvalue weighted by Crippen LogP contribution is 2.18. The van der Waals surface area contributed by atoms with E-state index in [9.17, 15) is 0 Å². The van der Waals surface area contributed by atoms with Crippen LogP contribution in [-0.4, -0.2) is 43.7 Å². The Bertz CT molecular complexity index is 383. The second-order valence-corrected chi connectivity index (χ2v) is 6.25. The summed E-state index contributed by atoms with van der Waals surface area (Å²) in [6.07, 6.45) is 3.84. The lowest BCUT2D eigenvalue weighted by molar-refractivity contribution is 0.194. The summed E-state index contributed by atoms with van der Waals surface area (Å²) in [5, 5.41) is 3.53. The van der Waals surface area contributed by atoms with Crippen LogP contribution < -0.4 is 10.1 Å². The molecule has 1 aromatic rings. The SMILES string of the molecule is CCCNCC1CCCN1CCOc1ccc(Br)cc1. The molecular weight excluding hydrogens is 316 g/mol. The zero-order valence-corrected chi connectivity index (χ0v) is 13.9. The van der Waals surface area contributed by atoms with Crippen LogP contribution in [0.1, 0.15) is 26.2 Å². The van der Waals surface area contributed by atoms with Crippen molar-refractivity contribution in [1.82, 2.24) is 10.2 Å². The van der Waals surface area contributed by atoms with Gasteiger partial charge in [0.25, 0.3) is 0 Å². The molecular formula is C16H25BrN2O. The van der Waals surface area contributed by atoms with E-state index in [2.05, 4.69) is 33.1 Å². The summed E-state index contributed by atoms with van der Waals surface area (Å²) in [4.78, 5) is 2.56. The molecule has 0 amide bonds. The first-order chi connectivity index (χ1) is 9.79. The summed E-state index contributed by atoms with van der Waals surface area (Å²) < 4.78 is 6.90. The number of likely N-dealkylation sites (tertiary alicyclic amines) is 1. The summed E-state index contributed by atoms with van der Waals surface area (Å²) in [7, 11) is 0. The minimum Gasteiger partial charge on any atom is -0.492 e. The van der Waals surface area contributed by atoms with E-state index in [4.69, 9.17) is 4.74 Å². The number of hydrogen-bond acceptors (Lipinski definition) is 3. The number of nitrogens with zero attached hydrogens (tertiary/aromatic N) is 1. The van der Waals surface area contributed by atoms with Gasteiger partial charge in [-0.15, -0.1) is 0 Å². The Morgan fingerprint density at radius 2 is 2.15 bits per heavy atom. The molecule has 1 unspecified atom stereocenters. The molecule has 0 radical (unpaired) electrons. The van der Waals surface area contributed by atoms with Crippen LogP contribution in [0.3, 0.4) is 0 Å². The van der Waals surface area contributed by atoms with Crippen molar-refractivity contribution in [2.24, 2.45) is 0 Å². The molecule has 0 bridgehead atoms. The first-order valence-electron chi connectivity index (χ1n) is 7.62. The van der Waals surface area contributed by atoms with Crippen molar-refractivity contribution in [3.8, 4) is 5.75 Å². The first kappa shape index (κ1) is 15.8. The number of rotatable bonds is 8. The first-order valence-corrected chi connectivity index (χ1v) is 8.42. The summed E-state index contributed by atoms with van der Waals surface area (Å²) in [6, 6.07) is 8.74. The number of hydrogen-bond donors (Lipinski definition) is 1. The number of halogens is 1. The molecule has 3 nitrogen and oxygen atoms in total. The molecule has 1 heterocycles. The summed E-state index contributed by atoms with van der Waals surface area (Å²) in [6.45, 7) is 7.46. The standard InChI is InChI=1S/C16H25BrN2O/c1-2-9-18-13-15-4-3-10-19(15)11-12-20-16-7-5-14(17)6-8-16/h5-8,15,18H,2-4,9-13H2,1H3. The normalized spacial score (nSPS) is 19.4. The van der Waals surface area contributed by atoms with Crippen LogP contribution in [0, 0.1) is 0 Å². The van der Waals surface area contributed by atoms with Crippen LogP contribution in [-0.2, 0) is 0 Å². The summed E-state index contributed by atoms with van der Waals surface area (Å²) in [5.41, 5.74) is 0. The molecule has 1 aliphatic rings. The van der Waals surface area contributed by atoms with Crippen molar-refractivity contribution in [1.29, 1.82) is 0 Å². The highest BCUT2D eigenvalue weighted by Gasteiger charge is 2.23. The minimum absolute atomic E-state index is 0.690. The number of ether oxygens (including phenoxy) is 1. The van der Waals surface area contributed by atoms with Crippen LogP contribution in [0.25, 0.3) is 0 Å². The van der Waals surface area contributed by atoms with Gasteiger partial charge in [-0.2, -0.15) is 0 Å². The maximum atomic E-state index is 5.81. The smallest absolute Gasteiger partial charge is 0.119 e. The Morgan fingerprint density at radius 3 is 2.90 bits per heavy atom. The van der Waals surface area contributed by atoms with Crippen LogP contribution in [0.4, 0.5) is 0 Å². The van der Waals surface area contributed by atoms with Gasteiger partial charge in [0.1, 0.15) is 12.4 Å². The van der Waals surface area contributed by atoms with Gasteiger partial charge in [0.05, 0.1) is 0 Å². The molecule has 4 heteroatoms. The molecule has 1 fully saturated rings. The lowest BCUT2D eigenvalue weighted by Gasteiger charge is -2.24. The van der Waals surface area contributed by atoms with Gasteiger partial charge in [0.2, 0.25) is 0 Å². The second kappa shape index (κ2) is 8.65. The molecule has 2 rings (SSSR count). The number of benzene rings is 1. The van der Waals surface area contributed by atoms with Gasteiger partial charge in [-0.3, -0.25) is 4.90 Å². The van der Waals surface area contributed by atoms with Crippen LogP contribution >= 0.6 is 15.9 Å². The van der Waals surface area contributed by atoms with Crippen LogP contribution in [0.5, 0.6) is 5.75 Å². The van der Waals surface area contributed by atoms with Gasteiger partial charge in [-0.05, 0) is 56.6 Å². The summed E-state index contributed by atoms with van der Waals surface area (Å²) in [5.74, 6) is 0.952. The number of nitrogens with one attached hydrogen (secondary N) is 1. The van der Waals surface area contributed by atoms with Gasteiger partial charge < -0.3 is 10.1 Å². The van der Waals surface area contributed by atoms with Crippen molar-refractivity contribution >= 4 is 15.9 Å². The molecule has 0 saturated carbocycles. The molecule has 0 spiro atoms. The molecule has 112 valence electrons. The van der Waals surface area contributed by atoms with Crippen molar-refractivity contribution in [2.45, 2.75) is 32.2 Å². The van der Waals surface area contributed by atoms with Crippen molar-refractivity contribution < 1.29 is 4.74 Å². The highest BCUT2D eigenvalue weighted by molar-refractivity contribution is 9.10. The fourth-order valence-corrected chi connectivity index (χ4v) is 2.94. The van der Waals surface area contributed by atoms with E-state index in [-0.39, 0.29) is 0 Å². The molecule has 1 aliphatic heterocycles. The molecule has 1 aromatic carbocycles. The van der Waals surface area contributed by atoms with Gasteiger partial charge in [0.15, 0.2) is 0 Å². The monoisotopic (exact) mass is 340 g/mol. The van der Waals surface area contributed by atoms with Crippen LogP contribution in [0.15, 0.2) is 28.7 Å². The lowest BCUT2D eigenvalue weighted by Crippen LogP contribution is -2.40. The van der Waals surface area contributed by atoms with Crippen molar-refractivity contribution in [3.63, 3.8) is 0 Å². The quantitative estimate of drug-likeness (QED) is 0.735. The van der Waals surface area contributed by atoms with Gasteiger partial charge in [-0.25, -0.2) is 0 Å². The van der Waals surface area contributed by atoms with E-state index in [0.29, 0.717) is 6.04 Å². The third-order valence-corrected chi connectivity index (χ3v) is 4.30. The third kappa shape index (κ3) is 5.08. The molecule has 1 atom stereocenters. The zero-order chi connectivity index (χ0) is 14.2. The molecule has 1 saturated heterocycles. The van der Waals surface area contributed by atoms with Gasteiger partial charge in [0, 0.05) is 23.6 Å². The van der Waals surface area contributed by atoms with Gasteiger partial charge in [-0.1, -0.05) is 22.9 Å². The van der Waals surface area contributed by atoms with E-state index in [1.807, 2.05) is 24.3 Å². The largest absolute Gasteiger partial charge is 0.492 e. The topological polar surface area (TPSA) is 24.5 Å². The van der Waals surface area contributed by atoms with E-state index >= 15 is 0 Å².